The third kappa shape index (κ3) is 5.70. The Labute approximate surface area is 164 Å². The van der Waals surface area contributed by atoms with Crippen LogP contribution in [0.25, 0.3) is 0 Å². The summed E-state index contributed by atoms with van der Waals surface area (Å²) in [7, 11) is 0. The molecule has 1 aliphatic heterocycles. The molecule has 0 atom stereocenters. The van der Waals surface area contributed by atoms with Gasteiger partial charge in [-0.2, -0.15) is 13.2 Å². The number of benzene rings is 1. The number of nitrogens with zero attached hydrogens (tertiary/aromatic N) is 3. The second kappa shape index (κ2) is 8.83. The second-order valence-corrected chi connectivity index (χ2v) is 6.73. The summed E-state index contributed by atoms with van der Waals surface area (Å²) in [6.45, 7) is 2.02. The van der Waals surface area contributed by atoms with Crippen LogP contribution in [0.2, 0.25) is 0 Å². The van der Waals surface area contributed by atoms with E-state index < -0.39 is 29.4 Å². The lowest BCUT2D eigenvalue weighted by molar-refractivity contribution is -0.142. The SMILES string of the molecule is O=C(CN1CCN(Cc2cccnc2C(F)(F)F)CC1)Nc1ccc(F)cc1F. The maximum Gasteiger partial charge on any atom is 0.433 e. The van der Waals surface area contributed by atoms with Crippen molar-refractivity contribution in [3.8, 4) is 0 Å². The summed E-state index contributed by atoms with van der Waals surface area (Å²) in [6, 6.07) is 5.76. The third-order valence-corrected chi connectivity index (χ3v) is 4.59. The molecule has 1 saturated heterocycles. The average molecular weight is 414 g/mol. The fraction of sp³-hybridized carbons (Fsp3) is 0.368. The van der Waals surface area contributed by atoms with Gasteiger partial charge in [-0.3, -0.25) is 19.6 Å². The maximum atomic E-state index is 13.6. The summed E-state index contributed by atoms with van der Waals surface area (Å²) in [5.74, 6) is -2.05. The number of carbonyl (C=O) groups excluding carboxylic acids is 1. The van der Waals surface area contributed by atoms with E-state index in [2.05, 4.69) is 10.3 Å². The molecule has 0 bridgehead atoms. The minimum absolute atomic E-state index is 0.00531. The zero-order valence-corrected chi connectivity index (χ0v) is 15.3. The number of hydrogen-bond donors (Lipinski definition) is 1. The summed E-state index contributed by atoms with van der Waals surface area (Å²) in [4.78, 5) is 19.2. The Morgan fingerprint density at radius 3 is 2.41 bits per heavy atom. The highest BCUT2D eigenvalue weighted by Gasteiger charge is 2.35. The van der Waals surface area contributed by atoms with Gasteiger partial charge in [0.25, 0.3) is 0 Å². The molecule has 1 fully saturated rings. The van der Waals surface area contributed by atoms with Gasteiger partial charge >= 0.3 is 6.18 Å². The van der Waals surface area contributed by atoms with Gasteiger partial charge in [0.15, 0.2) is 0 Å². The van der Waals surface area contributed by atoms with Crippen LogP contribution in [0.15, 0.2) is 36.5 Å². The normalized spacial score (nSPS) is 16.0. The first-order valence-corrected chi connectivity index (χ1v) is 8.93. The Kier molecular flexibility index (Phi) is 6.43. The maximum absolute atomic E-state index is 13.6. The Bertz CT molecular complexity index is 866. The highest BCUT2D eigenvalue weighted by Crippen LogP contribution is 2.30. The molecule has 10 heteroatoms. The minimum Gasteiger partial charge on any atom is -0.322 e. The molecule has 2 aromatic rings. The van der Waals surface area contributed by atoms with Crippen molar-refractivity contribution in [2.75, 3.05) is 38.0 Å². The number of carbonyl (C=O) groups is 1. The summed E-state index contributed by atoms with van der Waals surface area (Å²) in [5.41, 5.74) is -0.882. The summed E-state index contributed by atoms with van der Waals surface area (Å²) in [5, 5.41) is 2.39. The smallest absolute Gasteiger partial charge is 0.322 e. The molecular formula is C19H19F5N4O. The van der Waals surface area contributed by atoms with E-state index >= 15 is 0 Å². The first-order chi connectivity index (χ1) is 13.7. The molecule has 1 amide bonds. The highest BCUT2D eigenvalue weighted by atomic mass is 19.4. The fourth-order valence-corrected chi connectivity index (χ4v) is 3.15. The molecule has 5 nitrogen and oxygen atoms in total. The number of alkyl halides is 3. The molecule has 1 N–H and O–H groups in total. The van der Waals surface area contributed by atoms with E-state index in [-0.39, 0.29) is 24.3 Å². The van der Waals surface area contributed by atoms with Gasteiger partial charge in [-0.25, -0.2) is 8.78 Å². The van der Waals surface area contributed by atoms with E-state index in [4.69, 9.17) is 0 Å². The van der Waals surface area contributed by atoms with E-state index in [9.17, 15) is 26.7 Å². The number of piperazine rings is 1. The predicted molar refractivity (Wildman–Crippen MR) is 95.9 cm³/mol. The van der Waals surface area contributed by atoms with Crippen LogP contribution >= 0.6 is 0 Å². The van der Waals surface area contributed by atoms with Crippen LogP contribution in [-0.2, 0) is 17.5 Å². The van der Waals surface area contributed by atoms with E-state index in [0.29, 0.717) is 32.2 Å². The van der Waals surface area contributed by atoms with Gasteiger partial charge in [-0.1, -0.05) is 6.07 Å². The standard InChI is InChI=1S/C19H19F5N4O/c20-14-3-4-16(15(21)10-14)26-17(29)12-28-8-6-27(7-9-28)11-13-2-1-5-25-18(13)19(22,23)24/h1-5,10H,6-9,11-12H2,(H,26,29). The zero-order chi connectivity index (χ0) is 21.0. The molecule has 1 aromatic heterocycles. The van der Waals surface area contributed by atoms with E-state index in [1.807, 2.05) is 9.80 Å². The second-order valence-electron chi connectivity index (χ2n) is 6.73. The van der Waals surface area contributed by atoms with Gasteiger partial charge in [-0.05, 0) is 23.8 Å². The van der Waals surface area contributed by atoms with Crippen molar-refractivity contribution in [3.63, 3.8) is 0 Å². The van der Waals surface area contributed by atoms with Crippen molar-refractivity contribution in [2.24, 2.45) is 0 Å². The Hall–Kier alpha value is -2.59. The molecule has 3 rings (SSSR count). The first kappa shape index (κ1) is 21.1. The minimum atomic E-state index is -4.51. The van der Waals surface area contributed by atoms with Crippen LogP contribution in [0.3, 0.4) is 0 Å². The van der Waals surface area contributed by atoms with Gasteiger partial charge in [0.1, 0.15) is 17.3 Å². The molecular weight excluding hydrogens is 395 g/mol. The Morgan fingerprint density at radius 2 is 1.76 bits per heavy atom. The van der Waals surface area contributed by atoms with Crippen LogP contribution < -0.4 is 5.32 Å². The van der Waals surface area contributed by atoms with Crippen molar-refractivity contribution < 1.29 is 26.7 Å². The molecule has 0 saturated carbocycles. The number of pyridine rings is 1. The first-order valence-electron chi connectivity index (χ1n) is 8.93. The lowest BCUT2D eigenvalue weighted by Gasteiger charge is -2.34. The van der Waals surface area contributed by atoms with Crippen molar-refractivity contribution in [1.29, 1.82) is 0 Å². The summed E-state index contributed by atoms with van der Waals surface area (Å²) in [6.07, 6.45) is -3.39. The summed E-state index contributed by atoms with van der Waals surface area (Å²) >= 11 is 0. The van der Waals surface area contributed by atoms with Crippen LogP contribution in [0.5, 0.6) is 0 Å². The molecule has 0 aliphatic carbocycles. The number of aromatic nitrogens is 1. The Balaban J connectivity index is 1.50. The van der Waals surface area contributed by atoms with Crippen LogP contribution in [0.1, 0.15) is 11.3 Å². The molecule has 2 heterocycles. The van der Waals surface area contributed by atoms with Crippen LogP contribution in [-0.4, -0.2) is 53.4 Å². The monoisotopic (exact) mass is 414 g/mol. The lowest BCUT2D eigenvalue weighted by Crippen LogP contribution is -2.48. The number of nitrogens with one attached hydrogen (secondary N) is 1. The average Bonchev–Trinajstić information content (AvgIpc) is 2.65. The molecule has 0 spiro atoms. The van der Waals surface area contributed by atoms with Crippen molar-refractivity contribution in [1.82, 2.24) is 14.8 Å². The highest BCUT2D eigenvalue weighted by molar-refractivity contribution is 5.92. The van der Waals surface area contributed by atoms with Crippen molar-refractivity contribution in [3.05, 3.63) is 59.4 Å². The molecule has 1 aliphatic rings. The van der Waals surface area contributed by atoms with E-state index in [1.165, 1.54) is 12.1 Å². The number of anilines is 1. The topological polar surface area (TPSA) is 48.5 Å². The van der Waals surface area contributed by atoms with Crippen molar-refractivity contribution >= 4 is 11.6 Å². The quantitative estimate of drug-likeness (QED) is 0.764. The number of rotatable bonds is 5. The third-order valence-electron chi connectivity index (χ3n) is 4.59. The Morgan fingerprint density at radius 1 is 1.07 bits per heavy atom. The molecule has 0 unspecified atom stereocenters. The fourth-order valence-electron chi connectivity index (χ4n) is 3.15. The van der Waals surface area contributed by atoms with Crippen LogP contribution in [0, 0.1) is 11.6 Å². The zero-order valence-electron chi connectivity index (χ0n) is 15.3. The number of amides is 1. The predicted octanol–water partition coefficient (Wildman–Crippen LogP) is 3.13. The molecule has 1 aromatic carbocycles. The van der Waals surface area contributed by atoms with Gasteiger partial charge in [0.05, 0.1) is 12.2 Å². The van der Waals surface area contributed by atoms with Gasteiger partial charge < -0.3 is 5.32 Å². The van der Waals surface area contributed by atoms with Gasteiger partial charge in [-0.15, -0.1) is 0 Å². The van der Waals surface area contributed by atoms with Crippen LogP contribution in [0.4, 0.5) is 27.6 Å². The summed E-state index contributed by atoms with van der Waals surface area (Å²) < 4.78 is 65.7. The van der Waals surface area contributed by atoms with E-state index in [0.717, 1.165) is 18.3 Å². The number of halogens is 5. The largest absolute Gasteiger partial charge is 0.433 e. The van der Waals surface area contributed by atoms with Crippen molar-refractivity contribution in [2.45, 2.75) is 12.7 Å². The number of hydrogen-bond acceptors (Lipinski definition) is 4. The van der Waals surface area contributed by atoms with Gasteiger partial charge in [0.2, 0.25) is 5.91 Å². The molecule has 0 radical (unpaired) electrons. The van der Waals surface area contributed by atoms with Gasteiger partial charge in [0, 0.05) is 45.0 Å². The lowest BCUT2D eigenvalue weighted by atomic mass is 10.1. The van der Waals surface area contributed by atoms with E-state index in [1.54, 1.807) is 0 Å². The molecule has 29 heavy (non-hydrogen) atoms. The molecule has 156 valence electrons.